The highest BCUT2D eigenvalue weighted by atomic mass is 32.2. The molecule has 11 nitrogen and oxygen atoms in total. The van der Waals surface area contributed by atoms with Crippen molar-refractivity contribution >= 4 is 61.1 Å². The largest absolute Gasteiger partial charge is 0.478 e. The summed E-state index contributed by atoms with van der Waals surface area (Å²) in [6.07, 6.45) is 3.79. The predicted octanol–water partition coefficient (Wildman–Crippen LogP) is 5.67. The molecule has 0 fully saturated rings. The number of nitrogen functional groups attached to an aromatic ring is 1. The van der Waals surface area contributed by atoms with Crippen molar-refractivity contribution in [3.8, 4) is 11.1 Å². The lowest BCUT2D eigenvalue weighted by molar-refractivity contribution is -0.134. The summed E-state index contributed by atoms with van der Waals surface area (Å²) in [5.41, 5.74) is 12.3. The minimum Gasteiger partial charge on any atom is -0.478 e. The molecule has 0 radical (unpaired) electrons. The van der Waals surface area contributed by atoms with Gasteiger partial charge in [0.2, 0.25) is 0 Å². The molecule has 0 amide bonds. The Kier molecular flexibility index (Phi) is 7.25. The molecular formula is C29H21N5O6S. The van der Waals surface area contributed by atoms with E-state index in [0.717, 1.165) is 17.2 Å². The second-order valence-electron chi connectivity index (χ2n) is 8.86. The number of nitrogens with one attached hydrogen (secondary N) is 1. The minimum absolute atomic E-state index is 0.108. The summed E-state index contributed by atoms with van der Waals surface area (Å²) in [5.74, 6) is -1.90. The summed E-state index contributed by atoms with van der Waals surface area (Å²) in [6.45, 7) is 0. The quantitative estimate of drug-likeness (QED) is 0.0549. The van der Waals surface area contributed by atoms with Gasteiger partial charge in [0.15, 0.2) is 5.78 Å². The van der Waals surface area contributed by atoms with E-state index in [9.17, 15) is 22.6 Å². The topological polar surface area (TPSA) is 184 Å². The van der Waals surface area contributed by atoms with Gasteiger partial charge in [-0.3, -0.25) is 14.8 Å². The summed E-state index contributed by atoms with van der Waals surface area (Å²) in [6, 6.07) is 22.2. The zero-order valence-corrected chi connectivity index (χ0v) is 21.9. The molecule has 4 aromatic carbocycles. The second kappa shape index (κ2) is 11.0. The van der Waals surface area contributed by atoms with Crippen LogP contribution < -0.4 is 11.2 Å². The first-order valence-electron chi connectivity index (χ1n) is 12.0. The number of nitrogens with two attached hydrogens (primary N) is 1. The van der Waals surface area contributed by atoms with E-state index in [1.165, 1.54) is 18.2 Å². The lowest BCUT2D eigenvalue weighted by atomic mass is 10.0. The molecule has 41 heavy (non-hydrogen) atoms. The van der Waals surface area contributed by atoms with Gasteiger partial charge in [0.1, 0.15) is 16.2 Å². The van der Waals surface area contributed by atoms with E-state index in [1.54, 1.807) is 48.5 Å². The molecule has 12 heteroatoms. The zero-order valence-electron chi connectivity index (χ0n) is 21.1. The first-order valence-corrected chi connectivity index (χ1v) is 13.5. The van der Waals surface area contributed by atoms with Crippen molar-refractivity contribution in [3.63, 3.8) is 0 Å². The van der Waals surface area contributed by atoms with Gasteiger partial charge < -0.3 is 10.8 Å². The number of carboxylic acid groups (broad SMARTS) is 1. The number of anilines is 2. The van der Waals surface area contributed by atoms with Crippen molar-refractivity contribution in [1.29, 1.82) is 0 Å². The number of benzene rings is 4. The molecule has 1 aliphatic rings. The Hall–Kier alpha value is -5.46. The highest BCUT2D eigenvalue weighted by molar-refractivity contribution is 7.86. The maximum Gasteiger partial charge on any atom is 0.339 e. The van der Waals surface area contributed by atoms with Crippen molar-refractivity contribution in [1.82, 2.24) is 0 Å². The third kappa shape index (κ3) is 5.93. The van der Waals surface area contributed by atoms with E-state index in [1.807, 2.05) is 24.3 Å². The van der Waals surface area contributed by atoms with Crippen LogP contribution in [0.1, 0.15) is 0 Å². The molecule has 0 bridgehead atoms. The van der Waals surface area contributed by atoms with Crippen LogP contribution in [0.5, 0.6) is 0 Å². The van der Waals surface area contributed by atoms with E-state index in [4.69, 9.17) is 10.8 Å². The number of aliphatic carboxylic acids is 1. The summed E-state index contributed by atoms with van der Waals surface area (Å²) in [5, 5.41) is 22.3. The van der Waals surface area contributed by atoms with E-state index in [0.29, 0.717) is 22.5 Å². The second-order valence-corrected chi connectivity index (χ2v) is 10.3. The molecular weight excluding hydrogens is 546 g/mol. The van der Waals surface area contributed by atoms with Crippen molar-refractivity contribution in [2.24, 2.45) is 15.3 Å². The number of allylic oxidation sites excluding steroid dienone is 3. The van der Waals surface area contributed by atoms with Gasteiger partial charge in [-0.15, -0.1) is 5.11 Å². The summed E-state index contributed by atoms with van der Waals surface area (Å²) in [4.78, 5) is 22.4. The number of azo groups is 1. The van der Waals surface area contributed by atoms with Crippen molar-refractivity contribution in [2.45, 2.75) is 4.90 Å². The van der Waals surface area contributed by atoms with Crippen LogP contribution in [0.4, 0.5) is 22.7 Å². The fourth-order valence-electron chi connectivity index (χ4n) is 4.10. The molecule has 4 aromatic rings. The van der Waals surface area contributed by atoms with Gasteiger partial charge in [0, 0.05) is 10.8 Å². The number of carboxylic acids is 1. The number of hydrogen-bond acceptors (Lipinski definition) is 9. The van der Waals surface area contributed by atoms with Crippen LogP contribution >= 0.6 is 0 Å². The molecule has 0 saturated carbocycles. The Balaban J connectivity index is 1.31. The molecule has 5 N–H and O–H groups in total. The number of fused-ring (bicyclic) bond motifs is 1. The van der Waals surface area contributed by atoms with Crippen LogP contribution in [0.3, 0.4) is 0 Å². The van der Waals surface area contributed by atoms with Crippen LogP contribution in [-0.4, -0.2) is 35.5 Å². The SMILES string of the molecule is Nc1c(N=Nc2ccc(-c3ccc(NN=C4C=CC(=O)C(C(=O)O)=C4)cc3)cc2)cc(S(=O)(=O)O)c2ccccc12. The van der Waals surface area contributed by atoms with Gasteiger partial charge >= 0.3 is 5.97 Å². The number of hydrogen-bond donors (Lipinski definition) is 4. The molecule has 0 aromatic heterocycles. The van der Waals surface area contributed by atoms with Crippen molar-refractivity contribution < 1.29 is 27.7 Å². The normalized spacial score (nSPS) is 14.5. The lowest BCUT2D eigenvalue weighted by Crippen LogP contribution is -2.15. The maximum absolute atomic E-state index is 11.9. The summed E-state index contributed by atoms with van der Waals surface area (Å²) >= 11 is 0. The van der Waals surface area contributed by atoms with Gasteiger partial charge in [-0.1, -0.05) is 48.5 Å². The molecule has 5 rings (SSSR count). The summed E-state index contributed by atoms with van der Waals surface area (Å²) in [7, 11) is -4.52. The number of carbonyl (C=O) groups excluding carboxylic acids is 1. The Bertz CT molecular complexity index is 1930. The first-order chi connectivity index (χ1) is 19.6. The Morgan fingerprint density at radius 3 is 2.12 bits per heavy atom. The fraction of sp³-hybridized carbons (Fsp3) is 0. The lowest BCUT2D eigenvalue weighted by Gasteiger charge is -2.09. The van der Waals surface area contributed by atoms with Crippen LogP contribution in [0, 0.1) is 0 Å². The van der Waals surface area contributed by atoms with Gasteiger partial charge in [-0.25, -0.2) is 4.79 Å². The van der Waals surface area contributed by atoms with Crippen molar-refractivity contribution in [3.05, 3.63) is 103 Å². The average molecular weight is 568 g/mol. The predicted molar refractivity (Wildman–Crippen MR) is 155 cm³/mol. The average Bonchev–Trinajstić information content (AvgIpc) is 2.96. The fourth-order valence-corrected chi connectivity index (χ4v) is 4.82. The first kappa shape index (κ1) is 27.1. The zero-order chi connectivity index (χ0) is 29.1. The number of rotatable bonds is 7. The standard InChI is InChI=1S/C29H21N5O6S/c30-28-23-4-2-1-3-22(23)27(41(38,39)40)16-25(28)34-32-20-11-7-18(8-12-20)17-5-9-19(10-6-17)31-33-21-13-14-26(35)24(15-21)29(36)37/h1-16,31H,30H2,(H,36,37)(H,38,39,40). The molecule has 0 heterocycles. The van der Waals surface area contributed by atoms with Gasteiger partial charge in [0.25, 0.3) is 10.1 Å². The number of ketones is 1. The van der Waals surface area contributed by atoms with E-state index < -0.39 is 21.9 Å². The Labute approximate surface area is 233 Å². The number of nitrogens with zero attached hydrogens (tertiary/aromatic N) is 3. The van der Waals surface area contributed by atoms with Crippen molar-refractivity contribution in [2.75, 3.05) is 11.2 Å². The van der Waals surface area contributed by atoms with E-state index in [-0.39, 0.29) is 27.2 Å². The summed E-state index contributed by atoms with van der Waals surface area (Å²) < 4.78 is 33.5. The van der Waals surface area contributed by atoms with Crippen LogP contribution in [-0.2, 0) is 19.7 Å². The molecule has 0 saturated heterocycles. The van der Waals surface area contributed by atoms with Crippen LogP contribution in [0.15, 0.2) is 123 Å². The van der Waals surface area contributed by atoms with E-state index in [2.05, 4.69) is 20.8 Å². The van der Waals surface area contributed by atoms with E-state index >= 15 is 0 Å². The van der Waals surface area contributed by atoms with Gasteiger partial charge in [-0.2, -0.15) is 18.6 Å². The van der Waals surface area contributed by atoms with Crippen LogP contribution in [0.25, 0.3) is 21.9 Å². The Morgan fingerprint density at radius 1 is 0.854 bits per heavy atom. The van der Waals surface area contributed by atoms with Gasteiger partial charge in [-0.05, 0) is 59.7 Å². The molecule has 0 unspecified atom stereocenters. The minimum atomic E-state index is -4.52. The van der Waals surface area contributed by atoms with Crippen LogP contribution in [0.2, 0.25) is 0 Å². The maximum atomic E-state index is 11.9. The smallest absolute Gasteiger partial charge is 0.339 e. The highest BCUT2D eigenvalue weighted by Gasteiger charge is 2.19. The number of carbonyl (C=O) groups is 2. The highest BCUT2D eigenvalue weighted by Crippen LogP contribution is 2.37. The van der Waals surface area contributed by atoms with Gasteiger partial charge in [0.05, 0.1) is 22.8 Å². The molecule has 204 valence electrons. The monoisotopic (exact) mass is 567 g/mol. The third-order valence-corrected chi connectivity index (χ3v) is 7.06. The molecule has 0 atom stereocenters. The number of hydrazone groups is 1. The molecule has 0 aliphatic heterocycles. The Morgan fingerprint density at radius 2 is 1.49 bits per heavy atom. The third-order valence-electron chi connectivity index (χ3n) is 6.17. The molecule has 0 spiro atoms. The molecule has 1 aliphatic carbocycles.